The first-order valence-corrected chi connectivity index (χ1v) is 11.8. The molecule has 0 aliphatic heterocycles. The number of thioether (sulfide) groups is 1. The molecule has 5 nitrogen and oxygen atoms in total. The van der Waals surface area contributed by atoms with Crippen LogP contribution < -0.4 is 10.9 Å². The molecule has 0 radical (unpaired) electrons. The van der Waals surface area contributed by atoms with Gasteiger partial charge in [-0.2, -0.15) is 0 Å². The lowest BCUT2D eigenvalue weighted by molar-refractivity contribution is -0.118. The van der Waals surface area contributed by atoms with Crippen LogP contribution in [0.5, 0.6) is 0 Å². The quantitative estimate of drug-likeness (QED) is 0.406. The molecule has 2 heterocycles. The Hall–Kier alpha value is -2.12. The molecule has 0 unspecified atom stereocenters. The Morgan fingerprint density at radius 2 is 2.00 bits per heavy atom. The molecule has 0 saturated carbocycles. The molecule has 0 bridgehead atoms. The Morgan fingerprint density at radius 3 is 2.72 bits per heavy atom. The zero-order chi connectivity index (χ0) is 20.8. The summed E-state index contributed by atoms with van der Waals surface area (Å²) in [5.74, 6) is 0.211. The summed E-state index contributed by atoms with van der Waals surface area (Å²) in [7, 11) is 0. The molecule has 0 spiro atoms. The van der Waals surface area contributed by atoms with E-state index in [4.69, 9.17) is 4.98 Å². The molecule has 3 rings (SSSR count). The van der Waals surface area contributed by atoms with E-state index in [0.717, 1.165) is 39.9 Å². The van der Waals surface area contributed by atoms with Crippen molar-refractivity contribution in [1.29, 1.82) is 0 Å². The van der Waals surface area contributed by atoms with Gasteiger partial charge in [-0.05, 0) is 37.8 Å². The highest BCUT2D eigenvalue weighted by molar-refractivity contribution is 7.99. The molecule has 0 saturated heterocycles. The number of aryl methyl sites for hydroxylation is 2. The number of benzene rings is 1. The van der Waals surface area contributed by atoms with E-state index in [-0.39, 0.29) is 17.2 Å². The summed E-state index contributed by atoms with van der Waals surface area (Å²) in [5, 5.41) is 4.31. The minimum Gasteiger partial charge on any atom is -0.355 e. The molecule has 2 aromatic heterocycles. The number of aromatic nitrogens is 2. The van der Waals surface area contributed by atoms with Gasteiger partial charge in [0.1, 0.15) is 4.83 Å². The van der Waals surface area contributed by atoms with Crippen LogP contribution in [0.25, 0.3) is 10.2 Å². The van der Waals surface area contributed by atoms with Gasteiger partial charge in [0.2, 0.25) is 5.91 Å². The molecule has 29 heavy (non-hydrogen) atoms. The highest BCUT2D eigenvalue weighted by atomic mass is 32.2. The Morgan fingerprint density at radius 1 is 1.24 bits per heavy atom. The maximum Gasteiger partial charge on any atom is 0.263 e. The first-order valence-electron chi connectivity index (χ1n) is 9.95. The average molecular weight is 430 g/mol. The molecular weight excluding hydrogens is 402 g/mol. The fraction of sp³-hybridized carbons (Fsp3) is 0.409. The lowest BCUT2D eigenvalue weighted by atomic mass is 10.1. The van der Waals surface area contributed by atoms with Crippen molar-refractivity contribution in [2.75, 3.05) is 12.3 Å². The predicted octanol–water partition coefficient (Wildman–Crippen LogP) is 4.33. The van der Waals surface area contributed by atoms with Gasteiger partial charge in [-0.25, -0.2) is 4.98 Å². The van der Waals surface area contributed by atoms with Crippen molar-refractivity contribution in [2.24, 2.45) is 0 Å². The molecule has 0 fully saturated rings. The summed E-state index contributed by atoms with van der Waals surface area (Å²) in [6, 6.07) is 10.1. The summed E-state index contributed by atoms with van der Waals surface area (Å²) in [5.41, 5.74) is 2.23. The Balaban J connectivity index is 1.69. The van der Waals surface area contributed by atoms with Crippen molar-refractivity contribution in [3.63, 3.8) is 0 Å². The first-order chi connectivity index (χ1) is 14.0. The first kappa shape index (κ1) is 21.6. The number of hydrogen-bond acceptors (Lipinski definition) is 5. The van der Waals surface area contributed by atoms with Crippen molar-refractivity contribution in [3.8, 4) is 0 Å². The van der Waals surface area contributed by atoms with Gasteiger partial charge in [-0.3, -0.25) is 14.2 Å². The second kappa shape index (κ2) is 10.1. The highest BCUT2D eigenvalue weighted by Gasteiger charge is 2.17. The number of nitrogens with one attached hydrogen (secondary N) is 1. The van der Waals surface area contributed by atoms with Crippen LogP contribution in [-0.2, 0) is 17.8 Å². The van der Waals surface area contributed by atoms with Gasteiger partial charge in [0.25, 0.3) is 5.56 Å². The number of carbonyl (C=O) groups excluding carboxylic acids is 1. The number of nitrogens with zero attached hydrogens (tertiary/aromatic N) is 2. The van der Waals surface area contributed by atoms with E-state index in [0.29, 0.717) is 18.2 Å². The van der Waals surface area contributed by atoms with E-state index in [2.05, 4.69) is 24.4 Å². The third-order valence-electron chi connectivity index (χ3n) is 4.90. The Bertz CT molecular complexity index is 1040. The minimum absolute atomic E-state index is 0.0114. The van der Waals surface area contributed by atoms with Gasteiger partial charge in [-0.1, -0.05) is 55.4 Å². The lowest BCUT2D eigenvalue weighted by Gasteiger charge is -2.12. The zero-order valence-corrected chi connectivity index (χ0v) is 18.8. The molecule has 1 N–H and O–H groups in total. The Labute approximate surface area is 179 Å². The number of rotatable bonds is 9. The van der Waals surface area contributed by atoms with Crippen LogP contribution in [0.1, 0.15) is 35.8 Å². The van der Waals surface area contributed by atoms with Gasteiger partial charge >= 0.3 is 0 Å². The average Bonchev–Trinajstić information content (AvgIpc) is 3.00. The van der Waals surface area contributed by atoms with Gasteiger partial charge in [0.15, 0.2) is 5.16 Å². The molecule has 0 aliphatic carbocycles. The second-order valence-electron chi connectivity index (χ2n) is 7.04. The number of unbranched alkanes of at least 4 members (excludes halogenated alkanes) is 1. The molecule has 0 aliphatic rings. The zero-order valence-electron chi connectivity index (χ0n) is 17.2. The largest absolute Gasteiger partial charge is 0.355 e. The smallest absolute Gasteiger partial charge is 0.263 e. The van der Waals surface area contributed by atoms with E-state index in [1.807, 2.05) is 32.0 Å². The van der Waals surface area contributed by atoms with Gasteiger partial charge < -0.3 is 5.32 Å². The Kier molecular flexibility index (Phi) is 7.50. The second-order valence-corrected chi connectivity index (χ2v) is 9.19. The van der Waals surface area contributed by atoms with E-state index in [9.17, 15) is 9.59 Å². The molecule has 0 atom stereocenters. The van der Waals surface area contributed by atoms with E-state index in [1.54, 1.807) is 15.9 Å². The van der Waals surface area contributed by atoms with Crippen LogP contribution in [0, 0.1) is 13.8 Å². The summed E-state index contributed by atoms with van der Waals surface area (Å²) < 4.78 is 1.74. The topological polar surface area (TPSA) is 64.0 Å². The molecule has 1 amide bonds. The van der Waals surface area contributed by atoms with Gasteiger partial charge in [0, 0.05) is 18.0 Å². The standard InChI is InChI=1S/C22H27N3O2S2/c1-4-5-13-25-21(27)19-15(2)16(3)29-20(19)24-22(25)28-14-18(26)23-12-11-17-9-7-6-8-10-17/h6-10H,4-5,11-14H2,1-3H3,(H,23,26). The number of carbonyl (C=O) groups is 1. The summed E-state index contributed by atoms with van der Waals surface area (Å²) in [6.45, 7) is 7.33. The van der Waals surface area contributed by atoms with E-state index < -0.39 is 0 Å². The normalized spacial score (nSPS) is 11.1. The van der Waals surface area contributed by atoms with Gasteiger partial charge in [-0.15, -0.1) is 11.3 Å². The van der Waals surface area contributed by atoms with E-state index >= 15 is 0 Å². The SMILES string of the molecule is CCCCn1c(SCC(=O)NCCc2ccccc2)nc2sc(C)c(C)c2c1=O. The molecule has 1 aromatic carbocycles. The van der Waals surface area contributed by atoms with Crippen LogP contribution in [-0.4, -0.2) is 27.8 Å². The summed E-state index contributed by atoms with van der Waals surface area (Å²) >= 11 is 2.89. The molecule has 3 aromatic rings. The van der Waals surface area contributed by atoms with Crippen molar-refractivity contribution >= 4 is 39.2 Å². The van der Waals surface area contributed by atoms with Crippen molar-refractivity contribution in [2.45, 2.75) is 51.7 Å². The number of hydrogen-bond donors (Lipinski definition) is 1. The number of amides is 1. The predicted molar refractivity (Wildman–Crippen MR) is 122 cm³/mol. The van der Waals surface area contributed by atoms with Crippen molar-refractivity contribution in [3.05, 3.63) is 56.7 Å². The van der Waals surface area contributed by atoms with Crippen molar-refractivity contribution in [1.82, 2.24) is 14.9 Å². The maximum atomic E-state index is 13.1. The molecule has 7 heteroatoms. The van der Waals surface area contributed by atoms with Gasteiger partial charge in [0.05, 0.1) is 11.1 Å². The summed E-state index contributed by atoms with van der Waals surface area (Å²) in [4.78, 5) is 32.0. The molecular formula is C22H27N3O2S2. The lowest BCUT2D eigenvalue weighted by Crippen LogP contribution is -2.28. The fourth-order valence-electron chi connectivity index (χ4n) is 3.10. The van der Waals surface area contributed by atoms with Crippen LogP contribution in [0.3, 0.4) is 0 Å². The van der Waals surface area contributed by atoms with Crippen LogP contribution >= 0.6 is 23.1 Å². The molecule has 154 valence electrons. The number of thiophene rings is 1. The third kappa shape index (κ3) is 5.28. The summed E-state index contributed by atoms with van der Waals surface area (Å²) in [6.07, 6.45) is 2.71. The fourth-order valence-corrected chi connectivity index (χ4v) is 5.03. The van der Waals surface area contributed by atoms with Crippen molar-refractivity contribution < 1.29 is 4.79 Å². The van der Waals surface area contributed by atoms with E-state index in [1.165, 1.54) is 17.3 Å². The van der Waals surface area contributed by atoms with Crippen LogP contribution in [0.4, 0.5) is 0 Å². The third-order valence-corrected chi connectivity index (χ3v) is 6.98. The number of fused-ring (bicyclic) bond motifs is 1. The minimum atomic E-state index is -0.0409. The van der Waals surface area contributed by atoms with Crippen LogP contribution in [0.2, 0.25) is 0 Å². The monoisotopic (exact) mass is 429 g/mol. The highest BCUT2D eigenvalue weighted by Crippen LogP contribution is 2.28. The van der Waals surface area contributed by atoms with Crippen LogP contribution in [0.15, 0.2) is 40.3 Å². The maximum absolute atomic E-state index is 13.1.